The molecule has 0 aliphatic rings. The second-order valence-corrected chi connectivity index (χ2v) is 8.06. The number of carbonyl (C=O) groups is 3. The van der Waals surface area contributed by atoms with E-state index in [2.05, 4.69) is 15.6 Å². The minimum absolute atomic E-state index is 0.0421. The van der Waals surface area contributed by atoms with Crippen LogP contribution < -0.4 is 21.9 Å². The third-order valence-electron chi connectivity index (χ3n) is 4.50. The highest BCUT2D eigenvalue weighted by molar-refractivity contribution is 7.18. The number of hydrogen-bond donors (Lipinski definition) is 4. The molecule has 1 atom stereocenters. The number of nitrogens with two attached hydrogens (primary N) is 1. The van der Waals surface area contributed by atoms with Gasteiger partial charge >= 0.3 is 6.09 Å². The summed E-state index contributed by atoms with van der Waals surface area (Å²) in [5, 5.41) is 14.1. The van der Waals surface area contributed by atoms with Gasteiger partial charge in [0.2, 0.25) is 11.8 Å². The van der Waals surface area contributed by atoms with Crippen LogP contribution in [0.3, 0.4) is 0 Å². The van der Waals surface area contributed by atoms with E-state index in [4.69, 9.17) is 10.8 Å². The summed E-state index contributed by atoms with van der Waals surface area (Å²) in [6, 6.07) is 6.04. The topological polar surface area (TPSA) is 156 Å². The van der Waals surface area contributed by atoms with Crippen LogP contribution in [0.2, 0.25) is 0 Å². The first kappa shape index (κ1) is 23.6. The highest BCUT2D eigenvalue weighted by Crippen LogP contribution is 2.23. The minimum atomic E-state index is -1.41. The molecule has 3 rings (SSSR count). The number of thiazole rings is 1. The maximum absolute atomic E-state index is 13.4. The van der Waals surface area contributed by atoms with Crippen molar-refractivity contribution in [2.24, 2.45) is 5.73 Å². The molecule has 0 spiro atoms. The van der Waals surface area contributed by atoms with Gasteiger partial charge in [-0.1, -0.05) is 6.08 Å². The van der Waals surface area contributed by atoms with Gasteiger partial charge in [-0.3, -0.25) is 14.4 Å². The molecule has 2 heterocycles. The lowest BCUT2D eigenvalue weighted by Crippen LogP contribution is -2.44. The molecule has 0 aliphatic heterocycles. The fraction of sp³-hybridized carbons (Fsp3) is 0.190. The van der Waals surface area contributed by atoms with Crippen LogP contribution in [0.5, 0.6) is 0 Å². The van der Waals surface area contributed by atoms with Crippen LogP contribution in [-0.2, 0) is 16.1 Å². The van der Waals surface area contributed by atoms with Crippen LogP contribution in [0, 0.1) is 5.82 Å². The lowest BCUT2D eigenvalue weighted by molar-refractivity contribution is -0.118. The Labute approximate surface area is 190 Å². The van der Waals surface area contributed by atoms with Crippen molar-refractivity contribution in [3.05, 3.63) is 69.9 Å². The molecule has 0 saturated carbocycles. The number of nitrogens with one attached hydrogen (secondary N) is 2. The molecule has 2 aromatic heterocycles. The molecule has 0 bridgehead atoms. The third kappa shape index (κ3) is 6.46. The summed E-state index contributed by atoms with van der Waals surface area (Å²) in [5.74, 6) is -1.80. The van der Waals surface area contributed by atoms with Gasteiger partial charge in [0.15, 0.2) is 0 Å². The largest absolute Gasteiger partial charge is 0.465 e. The zero-order valence-corrected chi connectivity index (χ0v) is 18.0. The minimum Gasteiger partial charge on any atom is -0.465 e. The van der Waals surface area contributed by atoms with E-state index in [1.165, 1.54) is 46.4 Å². The summed E-state index contributed by atoms with van der Waals surface area (Å²) >= 11 is 1.31. The smallest absolute Gasteiger partial charge is 0.405 e. The van der Waals surface area contributed by atoms with Gasteiger partial charge < -0.3 is 26.0 Å². The average Bonchev–Trinajstić information content (AvgIpc) is 3.14. The fourth-order valence-corrected chi connectivity index (χ4v) is 3.96. The summed E-state index contributed by atoms with van der Waals surface area (Å²) in [5.41, 5.74) is 4.92. The Kier molecular flexibility index (Phi) is 7.51. The number of nitrogens with zero attached hydrogens (tertiary/aromatic N) is 2. The summed E-state index contributed by atoms with van der Waals surface area (Å²) in [6.07, 6.45) is 2.90. The van der Waals surface area contributed by atoms with E-state index in [0.717, 1.165) is 10.8 Å². The first-order valence-electron chi connectivity index (χ1n) is 9.73. The number of aromatic nitrogens is 2. The maximum Gasteiger partial charge on any atom is 0.405 e. The number of rotatable bonds is 9. The average molecular weight is 473 g/mol. The second-order valence-electron chi connectivity index (χ2n) is 6.95. The predicted octanol–water partition coefficient (Wildman–Crippen LogP) is 2.04. The van der Waals surface area contributed by atoms with E-state index < -0.39 is 35.3 Å². The van der Waals surface area contributed by atoms with E-state index in [1.807, 2.05) is 0 Å². The lowest BCUT2D eigenvalue weighted by Gasteiger charge is -2.16. The van der Waals surface area contributed by atoms with Crippen molar-refractivity contribution in [1.82, 2.24) is 14.9 Å². The molecule has 5 N–H and O–H groups in total. The Balaban J connectivity index is 1.74. The highest BCUT2D eigenvalue weighted by atomic mass is 32.1. The number of halogens is 1. The van der Waals surface area contributed by atoms with Gasteiger partial charge in [-0.2, -0.15) is 0 Å². The second kappa shape index (κ2) is 10.5. The molecule has 10 nitrogen and oxygen atoms in total. The first-order valence-corrected chi connectivity index (χ1v) is 10.6. The molecule has 3 aromatic rings. The number of allylic oxidation sites excluding steroid dienone is 1. The number of pyridine rings is 1. The van der Waals surface area contributed by atoms with Crippen molar-refractivity contribution in [3.63, 3.8) is 0 Å². The molecule has 0 saturated heterocycles. The van der Waals surface area contributed by atoms with Gasteiger partial charge in [0.1, 0.15) is 22.6 Å². The van der Waals surface area contributed by atoms with E-state index in [-0.39, 0.29) is 25.1 Å². The highest BCUT2D eigenvalue weighted by Gasteiger charge is 2.21. The normalized spacial score (nSPS) is 12.0. The molecular formula is C21H20FN5O5S. The SMILES string of the molecule is NC(=O)C=CCCC(NC(=O)O)C(=O)Nc1cccn(Cc2nc3cc(F)ccc3s2)c1=O. The summed E-state index contributed by atoms with van der Waals surface area (Å²) in [6.45, 7) is 0.109. The van der Waals surface area contributed by atoms with Crippen molar-refractivity contribution in [2.75, 3.05) is 5.32 Å². The van der Waals surface area contributed by atoms with E-state index in [9.17, 15) is 23.6 Å². The molecule has 0 fully saturated rings. The van der Waals surface area contributed by atoms with E-state index >= 15 is 0 Å². The molecule has 33 heavy (non-hydrogen) atoms. The first-order chi connectivity index (χ1) is 15.7. The van der Waals surface area contributed by atoms with Crippen molar-refractivity contribution in [1.29, 1.82) is 0 Å². The van der Waals surface area contributed by atoms with Crippen LogP contribution >= 0.6 is 11.3 Å². The Bertz CT molecular complexity index is 1290. The number of fused-ring (bicyclic) bond motifs is 1. The Morgan fingerprint density at radius 2 is 2.09 bits per heavy atom. The molecule has 172 valence electrons. The quantitative estimate of drug-likeness (QED) is 0.348. The van der Waals surface area contributed by atoms with Gasteiger partial charge in [0.05, 0.1) is 16.8 Å². The fourth-order valence-electron chi connectivity index (χ4n) is 3.02. The van der Waals surface area contributed by atoms with Crippen molar-refractivity contribution in [2.45, 2.75) is 25.4 Å². The Morgan fingerprint density at radius 1 is 1.30 bits per heavy atom. The van der Waals surface area contributed by atoms with E-state index in [0.29, 0.717) is 10.5 Å². The van der Waals surface area contributed by atoms with Crippen LogP contribution in [0.4, 0.5) is 14.9 Å². The Morgan fingerprint density at radius 3 is 2.82 bits per heavy atom. The number of hydrogen-bond acceptors (Lipinski definition) is 6. The number of carbonyl (C=O) groups excluding carboxylic acids is 2. The standard InChI is InChI=1S/C21H20FN5O5S/c22-12-7-8-16-15(10-12)24-18(33-16)11-27-9-3-5-14(20(27)30)25-19(29)13(26-21(31)32)4-1-2-6-17(23)28/h2-3,5-10,13,26H,1,4,11H2,(H2,23,28)(H,25,29)(H,31,32). The number of primary amides is 1. The molecule has 0 aliphatic carbocycles. The van der Waals surface area contributed by atoms with Crippen molar-refractivity contribution >= 4 is 45.1 Å². The summed E-state index contributed by atoms with van der Waals surface area (Å²) in [4.78, 5) is 51.6. The van der Waals surface area contributed by atoms with Crippen LogP contribution in [0.1, 0.15) is 17.8 Å². The van der Waals surface area contributed by atoms with Gasteiger partial charge in [-0.05, 0) is 43.2 Å². The predicted molar refractivity (Wildman–Crippen MR) is 121 cm³/mol. The van der Waals surface area contributed by atoms with Crippen LogP contribution in [-0.4, -0.2) is 38.6 Å². The van der Waals surface area contributed by atoms with Crippen molar-refractivity contribution in [3.8, 4) is 0 Å². The van der Waals surface area contributed by atoms with Crippen LogP contribution in [0.15, 0.2) is 53.5 Å². The van der Waals surface area contributed by atoms with Gasteiger partial charge in [-0.15, -0.1) is 11.3 Å². The zero-order valence-electron chi connectivity index (χ0n) is 17.2. The monoisotopic (exact) mass is 473 g/mol. The zero-order chi connectivity index (χ0) is 24.0. The lowest BCUT2D eigenvalue weighted by atomic mass is 10.1. The van der Waals surface area contributed by atoms with Crippen LogP contribution in [0.25, 0.3) is 10.2 Å². The van der Waals surface area contributed by atoms with Gasteiger partial charge in [0, 0.05) is 12.3 Å². The van der Waals surface area contributed by atoms with Gasteiger partial charge in [0.25, 0.3) is 5.56 Å². The Hall–Kier alpha value is -4.06. The third-order valence-corrected chi connectivity index (χ3v) is 5.52. The molecule has 12 heteroatoms. The molecule has 0 radical (unpaired) electrons. The van der Waals surface area contributed by atoms with Gasteiger partial charge in [-0.25, -0.2) is 14.2 Å². The number of carboxylic acid groups (broad SMARTS) is 1. The maximum atomic E-state index is 13.4. The van der Waals surface area contributed by atoms with Crippen molar-refractivity contribution < 1.29 is 23.9 Å². The number of amides is 3. The number of benzene rings is 1. The van der Waals surface area contributed by atoms with E-state index in [1.54, 1.807) is 12.1 Å². The molecular weight excluding hydrogens is 453 g/mol. The summed E-state index contributed by atoms with van der Waals surface area (Å²) in [7, 11) is 0. The molecule has 1 unspecified atom stereocenters. The number of anilines is 1. The summed E-state index contributed by atoms with van der Waals surface area (Å²) < 4.78 is 15.5. The molecule has 3 amide bonds. The molecule has 1 aromatic carbocycles.